The third-order valence-corrected chi connectivity index (χ3v) is 4.58. The first-order valence-electron chi connectivity index (χ1n) is 9.18. The van der Waals surface area contributed by atoms with Crippen molar-refractivity contribution in [3.05, 3.63) is 30.3 Å². The van der Waals surface area contributed by atoms with Crippen molar-refractivity contribution in [2.75, 3.05) is 45.9 Å². The number of benzene rings is 1. The zero-order valence-corrected chi connectivity index (χ0v) is 15.7. The van der Waals surface area contributed by atoms with Crippen LogP contribution in [-0.4, -0.2) is 73.5 Å². The van der Waals surface area contributed by atoms with Gasteiger partial charge in [-0.25, -0.2) is 0 Å². The summed E-state index contributed by atoms with van der Waals surface area (Å²) in [6, 6.07) is 9.16. The minimum absolute atomic E-state index is 0.0103. The fourth-order valence-electron chi connectivity index (χ4n) is 2.73. The molecular weight excluding hydrogens is 332 g/mol. The van der Waals surface area contributed by atoms with E-state index in [0.717, 1.165) is 25.4 Å². The van der Waals surface area contributed by atoms with Crippen LogP contribution in [0.2, 0.25) is 0 Å². The van der Waals surface area contributed by atoms with Crippen LogP contribution >= 0.6 is 0 Å². The first-order chi connectivity index (χ1) is 12.5. The molecule has 0 aliphatic carbocycles. The molecule has 7 nitrogen and oxygen atoms in total. The Bertz CT molecular complexity index is 571. The highest BCUT2D eigenvalue weighted by Gasteiger charge is 2.23. The van der Waals surface area contributed by atoms with Crippen LogP contribution in [0, 0.1) is 5.92 Å². The molecule has 0 spiro atoms. The molecule has 1 aromatic carbocycles. The lowest BCUT2D eigenvalue weighted by atomic mass is 10.1. The van der Waals surface area contributed by atoms with Crippen molar-refractivity contribution in [3.8, 4) is 5.75 Å². The number of nitrogens with two attached hydrogens (primary N) is 1. The standard InChI is InChI=1S/C19H30N4O3/c1-15(2)18(20)19(25)21-14-17(24)23-10-8-22(9-11-23)12-13-26-16-6-4-3-5-7-16/h3-7,15,18H,8-14,20H2,1-2H3,(H,21,25)/t18-/m0/s1. The Morgan fingerprint density at radius 2 is 1.81 bits per heavy atom. The average Bonchev–Trinajstić information content (AvgIpc) is 2.66. The molecule has 1 heterocycles. The Balaban J connectivity index is 1.63. The molecule has 1 atom stereocenters. The summed E-state index contributed by atoms with van der Waals surface area (Å²) >= 11 is 0. The van der Waals surface area contributed by atoms with Crippen LogP contribution in [0.15, 0.2) is 30.3 Å². The van der Waals surface area contributed by atoms with Crippen molar-refractivity contribution in [2.45, 2.75) is 19.9 Å². The van der Waals surface area contributed by atoms with Gasteiger partial charge in [0, 0.05) is 32.7 Å². The van der Waals surface area contributed by atoms with E-state index >= 15 is 0 Å². The molecule has 7 heteroatoms. The molecule has 3 N–H and O–H groups in total. The summed E-state index contributed by atoms with van der Waals surface area (Å²) in [7, 11) is 0. The van der Waals surface area contributed by atoms with Gasteiger partial charge in [-0.05, 0) is 18.1 Å². The first kappa shape index (κ1) is 20.2. The third-order valence-electron chi connectivity index (χ3n) is 4.58. The van der Waals surface area contributed by atoms with E-state index in [9.17, 15) is 9.59 Å². The van der Waals surface area contributed by atoms with Crippen molar-refractivity contribution < 1.29 is 14.3 Å². The van der Waals surface area contributed by atoms with E-state index in [1.807, 2.05) is 44.2 Å². The number of para-hydroxylation sites is 1. The van der Waals surface area contributed by atoms with Gasteiger partial charge in [-0.1, -0.05) is 32.0 Å². The summed E-state index contributed by atoms with van der Waals surface area (Å²) < 4.78 is 5.71. The van der Waals surface area contributed by atoms with E-state index in [4.69, 9.17) is 10.5 Å². The molecule has 0 aromatic heterocycles. The Kier molecular flexibility index (Phi) is 7.87. The maximum Gasteiger partial charge on any atom is 0.242 e. The normalized spacial score (nSPS) is 16.4. The molecule has 0 unspecified atom stereocenters. The van der Waals surface area contributed by atoms with E-state index in [1.165, 1.54) is 0 Å². The summed E-state index contributed by atoms with van der Waals surface area (Å²) in [6.45, 7) is 8.17. The highest BCUT2D eigenvalue weighted by Crippen LogP contribution is 2.08. The molecule has 1 aromatic rings. The van der Waals surface area contributed by atoms with Crippen LogP contribution in [0.3, 0.4) is 0 Å². The fraction of sp³-hybridized carbons (Fsp3) is 0.579. The molecule has 144 valence electrons. The third kappa shape index (κ3) is 6.31. The van der Waals surface area contributed by atoms with Gasteiger partial charge in [0.25, 0.3) is 0 Å². The monoisotopic (exact) mass is 362 g/mol. The predicted octanol–water partition coefficient (Wildman–Crippen LogP) is 0.309. The SMILES string of the molecule is CC(C)[C@H](N)C(=O)NCC(=O)N1CCN(CCOc2ccccc2)CC1. The van der Waals surface area contributed by atoms with Gasteiger partial charge in [0.15, 0.2) is 0 Å². The first-order valence-corrected chi connectivity index (χ1v) is 9.18. The molecule has 1 fully saturated rings. The highest BCUT2D eigenvalue weighted by molar-refractivity contribution is 5.87. The van der Waals surface area contributed by atoms with Gasteiger partial charge in [0.1, 0.15) is 12.4 Å². The second kappa shape index (κ2) is 10.1. The number of piperazine rings is 1. The lowest BCUT2D eigenvalue weighted by molar-refractivity contribution is -0.134. The van der Waals surface area contributed by atoms with Crippen molar-refractivity contribution in [2.24, 2.45) is 11.7 Å². The number of nitrogens with one attached hydrogen (secondary N) is 1. The van der Waals surface area contributed by atoms with E-state index in [2.05, 4.69) is 10.2 Å². The van der Waals surface area contributed by atoms with Crippen LogP contribution < -0.4 is 15.8 Å². The predicted molar refractivity (Wildman–Crippen MR) is 101 cm³/mol. The number of nitrogens with zero attached hydrogens (tertiary/aromatic N) is 2. The largest absolute Gasteiger partial charge is 0.492 e. The summed E-state index contributed by atoms with van der Waals surface area (Å²) in [4.78, 5) is 28.1. The maximum atomic E-state index is 12.2. The Labute approximate surface area is 155 Å². The molecule has 0 radical (unpaired) electrons. The molecule has 1 aliphatic heterocycles. The van der Waals surface area contributed by atoms with E-state index in [-0.39, 0.29) is 24.3 Å². The van der Waals surface area contributed by atoms with Crippen LogP contribution in [0.1, 0.15) is 13.8 Å². The van der Waals surface area contributed by atoms with Gasteiger partial charge < -0.3 is 20.7 Å². The second-order valence-corrected chi connectivity index (χ2v) is 6.87. The van der Waals surface area contributed by atoms with Gasteiger partial charge >= 0.3 is 0 Å². The minimum Gasteiger partial charge on any atom is -0.492 e. The molecule has 1 aliphatic rings. The highest BCUT2D eigenvalue weighted by atomic mass is 16.5. The van der Waals surface area contributed by atoms with E-state index in [1.54, 1.807) is 4.90 Å². The Hall–Kier alpha value is -2.12. The average molecular weight is 362 g/mol. The number of hydrogen-bond acceptors (Lipinski definition) is 5. The fourth-order valence-corrected chi connectivity index (χ4v) is 2.73. The van der Waals surface area contributed by atoms with Crippen molar-refractivity contribution in [1.82, 2.24) is 15.1 Å². The van der Waals surface area contributed by atoms with E-state index < -0.39 is 6.04 Å². The summed E-state index contributed by atoms with van der Waals surface area (Å²) in [6.07, 6.45) is 0. The quantitative estimate of drug-likeness (QED) is 0.695. The van der Waals surface area contributed by atoms with Gasteiger partial charge in [-0.2, -0.15) is 0 Å². The smallest absolute Gasteiger partial charge is 0.242 e. The van der Waals surface area contributed by atoms with Crippen LogP contribution in [-0.2, 0) is 9.59 Å². The van der Waals surface area contributed by atoms with Gasteiger partial charge in [0.2, 0.25) is 11.8 Å². The van der Waals surface area contributed by atoms with Crippen molar-refractivity contribution >= 4 is 11.8 Å². The molecular formula is C19H30N4O3. The van der Waals surface area contributed by atoms with Crippen LogP contribution in [0.25, 0.3) is 0 Å². The van der Waals surface area contributed by atoms with Crippen molar-refractivity contribution in [3.63, 3.8) is 0 Å². The van der Waals surface area contributed by atoms with Crippen molar-refractivity contribution in [1.29, 1.82) is 0 Å². The van der Waals surface area contributed by atoms with E-state index in [0.29, 0.717) is 19.7 Å². The zero-order valence-electron chi connectivity index (χ0n) is 15.7. The van der Waals surface area contributed by atoms with Gasteiger partial charge in [-0.15, -0.1) is 0 Å². The van der Waals surface area contributed by atoms with Crippen LogP contribution in [0.4, 0.5) is 0 Å². The molecule has 2 amide bonds. The summed E-state index contributed by atoms with van der Waals surface area (Å²) in [5, 5.41) is 2.64. The Morgan fingerprint density at radius 3 is 2.42 bits per heavy atom. The number of rotatable bonds is 8. The summed E-state index contributed by atoms with van der Waals surface area (Å²) in [5.74, 6) is 0.586. The molecule has 2 rings (SSSR count). The van der Waals surface area contributed by atoms with Gasteiger partial charge in [0.05, 0.1) is 12.6 Å². The molecule has 1 saturated heterocycles. The Morgan fingerprint density at radius 1 is 1.15 bits per heavy atom. The van der Waals surface area contributed by atoms with Crippen LogP contribution in [0.5, 0.6) is 5.75 Å². The second-order valence-electron chi connectivity index (χ2n) is 6.87. The summed E-state index contributed by atoms with van der Waals surface area (Å²) in [5.41, 5.74) is 5.78. The van der Waals surface area contributed by atoms with Gasteiger partial charge in [-0.3, -0.25) is 14.5 Å². The lowest BCUT2D eigenvalue weighted by Gasteiger charge is -2.34. The molecule has 0 bridgehead atoms. The number of amides is 2. The number of ether oxygens (including phenoxy) is 1. The lowest BCUT2D eigenvalue weighted by Crippen LogP contribution is -2.53. The number of carbonyl (C=O) groups is 2. The number of hydrogen-bond donors (Lipinski definition) is 2. The maximum absolute atomic E-state index is 12.2. The molecule has 26 heavy (non-hydrogen) atoms. The number of carbonyl (C=O) groups excluding carboxylic acids is 2. The molecule has 0 saturated carbocycles. The minimum atomic E-state index is -0.579. The zero-order chi connectivity index (χ0) is 18.9. The topological polar surface area (TPSA) is 87.9 Å².